The highest BCUT2D eigenvalue weighted by Crippen LogP contribution is 2.52. The van der Waals surface area contributed by atoms with Gasteiger partial charge in [0.2, 0.25) is 16.9 Å². The molecule has 0 radical (unpaired) electrons. The molecule has 1 atom stereocenters. The molecule has 10 heteroatoms. The maximum absolute atomic E-state index is 15.2. The molecule has 2 amide bonds. The Morgan fingerprint density at radius 3 is 2.60 bits per heavy atom. The minimum Gasteiger partial charge on any atom is -0.438 e. The van der Waals surface area contributed by atoms with Gasteiger partial charge in [0.05, 0.1) is 16.7 Å². The standard InChI is InChI=1S/C30H28FN5O3S/c1-30(2,28(38)34-29-35-32-17-40-29)25-20-8-4-5-9-24(20)39-26-21(25)12-13-23(33-26)18-10-11-19(22(31)16-18)27(37)36-14-6-3-7-15-36/h4-5,8-13,16-17,25H,3,6-7,14-15H2,1-2H3,(H,34,35,38)/t25-/m0/s1. The third kappa shape index (κ3) is 4.72. The predicted octanol–water partition coefficient (Wildman–Crippen LogP) is 6.27. The van der Waals surface area contributed by atoms with Crippen molar-refractivity contribution in [3.05, 3.63) is 82.6 Å². The number of likely N-dealkylation sites (tertiary alicyclic amines) is 1. The number of nitrogens with zero attached hydrogens (tertiary/aromatic N) is 4. The van der Waals surface area contributed by atoms with Crippen LogP contribution in [0.5, 0.6) is 11.6 Å². The fourth-order valence-corrected chi connectivity index (χ4v) is 5.95. The SMILES string of the molecule is CC(C)(C(=O)Nc1nncs1)[C@H]1c2ccccc2Oc2nc(-c3ccc(C(=O)N4CCCCC4)c(F)c3)ccc21. The van der Waals surface area contributed by atoms with E-state index in [1.807, 2.05) is 44.2 Å². The molecule has 4 aromatic rings. The number of amides is 2. The van der Waals surface area contributed by atoms with Crippen molar-refractivity contribution in [2.75, 3.05) is 18.4 Å². The number of benzene rings is 2. The third-order valence-electron chi connectivity index (χ3n) is 7.66. The molecule has 6 rings (SSSR count). The van der Waals surface area contributed by atoms with E-state index in [0.717, 1.165) is 30.4 Å². The van der Waals surface area contributed by atoms with Gasteiger partial charge in [-0.2, -0.15) is 0 Å². The van der Waals surface area contributed by atoms with Crippen LogP contribution in [0.3, 0.4) is 0 Å². The number of ether oxygens (including phenoxy) is 1. The van der Waals surface area contributed by atoms with E-state index in [0.29, 0.717) is 41.1 Å². The zero-order valence-corrected chi connectivity index (χ0v) is 23.0. The van der Waals surface area contributed by atoms with Crippen molar-refractivity contribution in [1.82, 2.24) is 20.1 Å². The summed E-state index contributed by atoms with van der Waals surface area (Å²) in [6.45, 7) is 5.06. The first-order chi connectivity index (χ1) is 19.3. The molecular formula is C30H28FN5O3S. The Labute approximate surface area is 235 Å². The minimum atomic E-state index is -0.911. The first kappa shape index (κ1) is 26.1. The van der Waals surface area contributed by atoms with Crippen LogP contribution in [0.4, 0.5) is 9.52 Å². The predicted molar refractivity (Wildman–Crippen MR) is 150 cm³/mol. The largest absolute Gasteiger partial charge is 0.438 e. The van der Waals surface area contributed by atoms with Gasteiger partial charge >= 0.3 is 0 Å². The Morgan fingerprint density at radius 2 is 1.85 bits per heavy atom. The average molecular weight is 558 g/mol. The first-order valence-corrected chi connectivity index (χ1v) is 14.2. The van der Waals surface area contributed by atoms with Crippen LogP contribution >= 0.6 is 11.3 Å². The van der Waals surface area contributed by atoms with Gasteiger partial charge in [0.15, 0.2) is 0 Å². The quantitative estimate of drug-likeness (QED) is 0.311. The van der Waals surface area contributed by atoms with Gasteiger partial charge in [-0.25, -0.2) is 9.37 Å². The van der Waals surface area contributed by atoms with Gasteiger partial charge in [-0.3, -0.25) is 9.59 Å². The Hall–Kier alpha value is -4.18. The van der Waals surface area contributed by atoms with Crippen molar-refractivity contribution in [1.29, 1.82) is 0 Å². The van der Waals surface area contributed by atoms with Crippen LogP contribution in [0.2, 0.25) is 0 Å². The molecule has 0 bridgehead atoms. The zero-order chi connectivity index (χ0) is 27.9. The summed E-state index contributed by atoms with van der Waals surface area (Å²) in [7, 11) is 0. The van der Waals surface area contributed by atoms with Crippen LogP contribution in [0.25, 0.3) is 11.3 Å². The maximum atomic E-state index is 15.2. The van der Waals surface area contributed by atoms with E-state index in [9.17, 15) is 9.59 Å². The molecule has 1 N–H and O–H groups in total. The van der Waals surface area contributed by atoms with Crippen molar-refractivity contribution in [2.24, 2.45) is 5.41 Å². The number of hydrogen-bond acceptors (Lipinski definition) is 7. The summed E-state index contributed by atoms with van der Waals surface area (Å²) in [5, 5.41) is 11.0. The van der Waals surface area contributed by atoms with E-state index < -0.39 is 11.2 Å². The van der Waals surface area contributed by atoms with Gasteiger partial charge in [0.1, 0.15) is 17.1 Å². The normalized spacial score (nSPS) is 16.5. The highest BCUT2D eigenvalue weighted by Gasteiger charge is 2.44. The van der Waals surface area contributed by atoms with E-state index in [1.54, 1.807) is 22.5 Å². The van der Waals surface area contributed by atoms with Gasteiger partial charge in [0, 0.05) is 35.7 Å². The molecule has 0 spiro atoms. The van der Waals surface area contributed by atoms with Crippen molar-refractivity contribution in [3.63, 3.8) is 0 Å². The number of para-hydroxylation sites is 1. The van der Waals surface area contributed by atoms with Crippen LogP contribution in [0, 0.1) is 11.2 Å². The number of halogens is 1. The Bertz CT molecular complexity index is 1580. The third-order valence-corrected chi connectivity index (χ3v) is 8.27. The molecule has 40 heavy (non-hydrogen) atoms. The lowest BCUT2D eigenvalue weighted by Crippen LogP contribution is -2.38. The monoisotopic (exact) mass is 557 g/mol. The molecule has 204 valence electrons. The summed E-state index contributed by atoms with van der Waals surface area (Å²) in [5.41, 5.74) is 3.37. The van der Waals surface area contributed by atoms with Crippen LogP contribution < -0.4 is 10.1 Å². The fourth-order valence-electron chi connectivity index (χ4n) is 5.51. The molecule has 2 aromatic heterocycles. The fraction of sp³-hybridized carbons (Fsp3) is 0.300. The number of carbonyl (C=O) groups excluding carboxylic acids is 2. The highest BCUT2D eigenvalue weighted by molar-refractivity contribution is 7.13. The molecule has 1 saturated heterocycles. The van der Waals surface area contributed by atoms with Gasteiger partial charge < -0.3 is 15.0 Å². The molecule has 4 heterocycles. The average Bonchev–Trinajstić information content (AvgIpc) is 3.48. The van der Waals surface area contributed by atoms with Crippen LogP contribution in [0.1, 0.15) is 60.5 Å². The summed E-state index contributed by atoms with van der Waals surface area (Å²) in [6.07, 6.45) is 2.97. The Balaban J connectivity index is 1.34. The van der Waals surface area contributed by atoms with Crippen LogP contribution in [-0.4, -0.2) is 45.0 Å². The summed E-state index contributed by atoms with van der Waals surface area (Å²) >= 11 is 1.25. The van der Waals surface area contributed by atoms with Crippen molar-refractivity contribution >= 4 is 28.3 Å². The second-order valence-electron chi connectivity index (χ2n) is 10.6. The Morgan fingerprint density at radius 1 is 1.05 bits per heavy atom. The number of aromatic nitrogens is 3. The smallest absolute Gasteiger partial charge is 0.256 e. The molecule has 0 saturated carbocycles. The molecular weight excluding hydrogens is 529 g/mol. The number of rotatable bonds is 5. The summed E-state index contributed by atoms with van der Waals surface area (Å²) < 4.78 is 21.4. The number of piperidine rings is 1. The highest BCUT2D eigenvalue weighted by atomic mass is 32.1. The van der Waals surface area contributed by atoms with Crippen LogP contribution in [0.15, 0.2) is 60.1 Å². The lowest BCUT2D eigenvalue weighted by Gasteiger charge is -2.37. The first-order valence-electron chi connectivity index (χ1n) is 13.3. The second kappa shape index (κ2) is 10.4. The van der Waals surface area contributed by atoms with E-state index in [2.05, 4.69) is 15.5 Å². The van der Waals surface area contributed by atoms with Crippen molar-refractivity contribution < 1.29 is 18.7 Å². The van der Waals surface area contributed by atoms with E-state index >= 15 is 4.39 Å². The van der Waals surface area contributed by atoms with Gasteiger partial charge in [-0.1, -0.05) is 55.5 Å². The molecule has 2 aliphatic rings. The lowest BCUT2D eigenvalue weighted by atomic mass is 9.69. The number of nitrogens with one attached hydrogen (secondary N) is 1. The van der Waals surface area contributed by atoms with E-state index in [-0.39, 0.29) is 23.3 Å². The minimum absolute atomic E-state index is 0.0667. The Kier molecular flexibility index (Phi) is 6.79. The molecule has 8 nitrogen and oxygen atoms in total. The van der Waals surface area contributed by atoms with E-state index in [4.69, 9.17) is 9.72 Å². The molecule has 0 unspecified atom stereocenters. The molecule has 2 aromatic carbocycles. The summed E-state index contributed by atoms with van der Waals surface area (Å²) in [5.74, 6) is -0.479. The van der Waals surface area contributed by atoms with Crippen molar-refractivity contribution in [2.45, 2.75) is 39.0 Å². The van der Waals surface area contributed by atoms with Gasteiger partial charge in [-0.05, 0) is 43.5 Å². The van der Waals surface area contributed by atoms with Crippen molar-refractivity contribution in [3.8, 4) is 22.9 Å². The maximum Gasteiger partial charge on any atom is 0.256 e. The zero-order valence-electron chi connectivity index (χ0n) is 22.2. The number of pyridine rings is 1. The molecule has 2 aliphatic heterocycles. The molecule has 1 fully saturated rings. The van der Waals surface area contributed by atoms with Gasteiger partial charge in [0.25, 0.3) is 5.91 Å². The van der Waals surface area contributed by atoms with Gasteiger partial charge in [-0.15, -0.1) is 10.2 Å². The number of carbonyl (C=O) groups is 2. The van der Waals surface area contributed by atoms with Crippen LogP contribution in [-0.2, 0) is 4.79 Å². The second-order valence-corrected chi connectivity index (χ2v) is 11.5. The van der Waals surface area contributed by atoms with E-state index in [1.165, 1.54) is 23.5 Å². The number of anilines is 1. The summed E-state index contributed by atoms with van der Waals surface area (Å²) in [4.78, 5) is 32.8. The number of fused-ring (bicyclic) bond motifs is 2. The summed E-state index contributed by atoms with van der Waals surface area (Å²) in [6, 6.07) is 15.8. The lowest BCUT2D eigenvalue weighted by molar-refractivity contribution is -0.124. The topological polar surface area (TPSA) is 97.3 Å². The number of hydrogen-bond donors (Lipinski definition) is 1. The molecule has 0 aliphatic carbocycles.